The molecule has 0 aliphatic carbocycles. The summed E-state index contributed by atoms with van der Waals surface area (Å²) in [6, 6.07) is 9.04. The summed E-state index contributed by atoms with van der Waals surface area (Å²) in [5.41, 5.74) is 8.84. The molecule has 0 aromatic heterocycles. The summed E-state index contributed by atoms with van der Waals surface area (Å²) in [5, 5.41) is 3.66. The minimum Gasteiger partial charge on any atom is -0.349 e. The van der Waals surface area contributed by atoms with Crippen molar-refractivity contribution in [3.05, 3.63) is 46.3 Å². The highest BCUT2D eigenvalue weighted by atomic mass is 16.5. The first-order valence-corrected chi connectivity index (χ1v) is 7.17. The Hall–Kier alpha value is -2.04. The number of ether oxygens (including phenoxy) is 1. The Morgan fingerprint density at radius 1 is 1.43 bits per heavy atom. The van der Waals surface area contributed by atoms with E-state index in [2.05, 4.69) is 23.9 Å². The molecule has 2 heterocycles. The number of fused-ring (bicyclic) bond motifs is 1. The van der Waals surface area contributed by atoms with E-state index >= 15 is 0 Å². The highest BCUT2D eigenvalue weighted by Crippen LogP contribution is 2.48. The van der Waals surface area contributed by atoms with Crippen molar-refractivity contribution >= 4 is 5.91 Å². The third-order valence-corrected chi connectivity index (χ3v) is 4.39. The summed E-state index contributed by atoms with van der Waals surface area (Å²) in [7, 11) is 0. The van der Waals surface area contributed by atoms with Crippen molar-refractivity contribution in [2.75, 3.05) is 6.61 Å². The predicted octanol–water partition coefficient (Wildman–Crippen LogP) is 2.81. The molecule has 2 saturated heterocycles. The fourth-order valence-corrected chi connectivity index (χ4v) is 3.33. The van der Waals surface area contributed by atoms with Gasteiger partial charge in [-0.1, -0.05) is 49.3 Å². The lowest BCUT2D eigenvalue weighted by Gasteiger charge is -2.34. The average Bonchev–Trinajstić information content (AvgIpc) is 2.98. The molecule has 2 aliphatic heterocycles. The maximum Gasteiger partial charge on any atom is 0.234 e. The molecule has 1 aromatic rings. The number of carbonyl (C=O) groups is 1. The van der Waals surface area contributed by atoms with Crippen LogP contribution in [0.5, 0.6) is 0 Å². The zero-order valence-electron chi connectivity index (χ0n) is 12.1. The van der Waals surface area contributed by atoms with Crippen LogP contribution < -0.4 is 0 Å². The van der Waals surface area contributed by atoms with Gasteiger partial charge < -0.3 is 9.64 Å². The summed E-state index contributed by atoms with van der Waals surface area (Å²) in [5.74, 6) is 0.150. The highest BCUT2D eigenvalue weighted by molar-refractivity contribution is 5.86. The molecule has 0 radical (unpaired) electrons. The van der Waals surface area contributed by atoms with E-state index < -0.39 is 11.8 Å². The third-order valence-electron chi connectivity index (χ3n) is 4.39. The van der Waals surface area contributed by atoms with Gasteiger partial charge in [0, 0.05) is 16.9 Å². The van der Waals surface area contributed by atoms with Crippen LogP contribution in [0.1, 0.15) is 25.8 Å². The Kier molecular flexibility index (Phi) is 3.35. The molecule has 21 heavy (non-hydrogen) atoms. The van der Waals surface area contributed by atoms with Gasteiger partial charge in [-0.25, -0.2) is 0 Å². The Morgan fingerprint density at radius 3 is 2.76 bits per heavy atom. The molecule has 1 aromatic carbocycles. The molecule has 0 bridgehead atoms. The Labute approximate surface area is 123 Å². The third kappa shape index (κ3) is 1.99. The van der Waals surface area contributed by atoms with Crippen molar-refractivity contribution in [3.8, 4) is 0 Å². The second-order valence-corrected chi connectivity index (χ2v) is 5.91. The lowest BCUT2D eigenvalue weighted by molar-refractivity contribution is -0.140. The number of hydrogen-bond donors (Lipinski definition) is 0. The lowest BCUT2D eigenvalue weighted by Crippen LogP contribution is -2.45. The second kappa shape index (κ2) is 5.06. The molecule has 6 heteroatoms. The van der Waals surface area contributed by atoms with Crippen LogP contribution in [0.3, 0.4) is 0 Å². The van der Waals surface area contributed by atoms with E-state index in [0.717, 1.165) is 5.56 Å². The molecular formula is C15H18N4O2. The van der Waals surface area contributed by atoms with Gasteiger partial charge in [0.05, 0.1) is 12.6 Å². The van der Waals surface area contributed by atoms with E-state index in [9.17, 15) is 4.79 Å². The minimum atomic E-state index is -0.786. The molecule has 0 saturated carbocycles. The molecule has 2 aliphatic rings. The Bertz CT molecular complexity index is 597. The van der Waals surface area contributed by atoms with E-state index in [-0.39, 0.29) is 17.9 Å². The van der Waals surface area contributed by atoms with Gasteiger partial charge in [0.2, 0.25) is 5.91 Å². The summed E-state index contributed by atoms with van der Waals surface area (Å²) in [6.07, 6.45) is 0.378. The maximum absolute atomic E-state index is 12.7. The SMILES string of the molecule is CC(C)[C@H]1CO[C@]2(c3ccccc3)CC(N=[N+]=[N-])C(=O)N12. The molecule has 3 atom stereocenters. The Balaban J connectivity index is 2.08. The number of hydrogen-bond acceptors (Lipinski definition) is 3. The van der Waals surface area contributed by atoms with Crippen LogP contribution >= 0.6 is 0 Å². The van der Waals surface area contributed by atoms with Crippen LogP contribution in [0.2, 0.25) is 0 Å². The number of carbonyl (C=O) groups excluding carboxylic acids is 1. The van der Waals surface area contributed by atoms with Crippen molar-refractivity contribution < 1.29 is 9.53 Å². The number of amides is 1. The first-order chi connectivity index (χ1) is 10.1. The standard InChI is InChI=1S/C15H18N4O2/c1-10(2)13-9-21-15(11-6-4-3-5-7-11)8-12(17-18-16)14(20)19(13)15/h3-7,10,12-13H,8-9H2,1-2H3/t12?,13-,15+/m1/s1. The van der Waals surface area contributed by atoms with Crippen LogP contribution in [0.4, 0.5) is 0 Å². The van der Waals surface area contributed by atoms with Gasteiger partial charge in [0.25, 0.3) is 0 Å². The second-order valence-electron chi connectivity index (χ2n) is 5.91. The number of azide groups is 1. The van der Waals surface area contributed by atoms with Crippen molar-refractivity contribution in [2.24, 2.45) is 11.0 Å². The van der Waals surface area contributed by atoms with Crippen molar-refractivity contribution in [1.82, 2.24) is 4.90 Å². The molecule has 6 nitrogen and oxygen atoms in total. The van der Waals surface area contributed by atoms with Crippen LogP contribution in [0, 0.1) is 5.92 Å². The van der Waals surface area contributed by atoms with Gasteiger partial charge in [-0.3, -0.25) is 4.79 Å². The molecular weight excluding hydrogens is 268 g/mol. The fraction of sp³-hybridized carbons (Fsp3) is 0.533. The zero-order chi connectivity index (χ0) is 15.0. The van der Waals surface area contributed by atoms with Gasteiger partial charge in [0.1, 0.15) is 6.04 Å². The number of nitrogens with zero attached hydrogens (tertiary/aromatic N) is 4. The number of benzene rings is 1. The topological polar surface area (TPSA) is 78.3 Å². The predicted molar refractivity (Wildman–Crippen MR) is 77.1 cm³/mol. The summed E-state index contributed by atoms with van der Waals surface area (Å²) in [6.45, 7) is 4.66. The fourth-order valence-electron chi connectivity index (χ4n) is 3.33. The van der Waals surface area contributed by atoms with Gasteiger partial charge in [-0.15, -0.1) is 0 Å². The van der Waals surface area contributed by atoms with Gasteiger partial charge in [-0.05, 0) is 11.4 Å². The molecule has 1 amide bonds. The van der Waals surface area contributed by atoms with Crippen LogP contribution in [0.15, 0.2) is 35.4 Å². The molecule has 110 valence electrons. The van der Waals surface area contributed by atoms with E-state index in [1.807, 2.05) is 30.3 Å². The highest BCUT2D eigenvalue weighted by Gasteiger charge is 2.59. The molecule has 2 fully saturated rings. The van der Waals surface area contributed by atoms with E-state index in [1.54, 1.807) is 4.90 Å². The summed E-state index contributed by atoms with van der Waals surface area (Å²) < 4.78 is 6.09. The van der Waals surface area contributed by atoms with Crippen LogP contribution in [-0.2, 0) is 15.3 Å². The molecule has 0 spiro atoms. The smallest absolute Gasteiger partial charge is 0.234 e. The molecule has 3 rings (SSSR count). The van der Waals surface area contributed by atoms with Gasteiger partial charge in [0.15, 0.2) is 5.72 Å². The van der Waals surface area contributed by atoms with Crippen molar-refractivity contribution in [3.63, 3.8) is 0 Å². The van der Waals surface area contributed by atoms with E-state index in [4.69, 9.17) is 10.3 Å². The van der Waals surface area contributed by atoms with E-state index in [0.29, 0.717) is 13.0 Å². The Morgan fingerprint density at radius 2 is 2.14 bits per heavy atom. The quantitative estimate of drug-likeness (QED) is 0.486. The van der Waals surface area contributed by atoms with Crippen molar-refractivity contribution in [2.45, 2.75) is 38.1 Å². The van der Waals surface area contributed by atoms with E-state index in [1.165, 1.54) is 0 Å². The zero-order valence-corrected chi connectivity index (χ0v) is 12.1. The normalized spacial score (nSPS) is 31.4. The van der Waals surface area contributed by atoms with Gasteiger partial charge >= 0.3 is 0 Å². The minimum absolute atomic E-state index is 0.0107. The molecule has 1 unspecified atom stereocenters. The van der Waals surface area contributed by atoms with Gasteiger partial charge in [-0.2, -0.15) is 0 Å². The average molecular weight is 286 g/mol. The molecule has 0 N–H and O–H groups in total. The van der Waals surface area contributed by atoms with Crippen molar-refractivity contribution in [1.29, 1.82) is 0 Å². The maximum atomic E-state index is 12.7. The first-order valence-electron chi connectivity index (χ1n) is 7.17. The number of rotatable bonds is 3. The summed E-state index contributed by atoms with van der Waals surface area (Å²) in [4.78, 5) is 17.3. The van der Waals surface area contributed by atoms with Crippen LogP contribution in [0.25, 0.3) is 10.4 Å². The monoisotopic (exact) mass is 286 g/mol. The lowest BCUT2D eigenvalue weighted by atomic mass is 9.98. The van der Waals surface area contributed by atoms with Crippen LogP contribution in [-0.4, -0.2) is 29.5 Å². The largest absolute Gasteiger partial charge is 0.349 e. The summed E-state index contributed by atoms with van der Waals surface area (Å²) >= 11 is 0. The first kappa shape index (κ1) is 13.9.